The van der Waals surface area contributed by atoms with Crippen molar-refractivity contribution in [3.8, 4) is 0 Å². The number of carbonyl (C=O) groups excluding carboxylic acids is 1. The van der Waals surface area contributed by atoms with E-state index in [9.17, 15) is 4.79 Å². The number of rotatable bonds is 5. The molecule has 0 saturated carbocycles. The molecule has 1 unspecified atom stereocenters. The van der Waals surface area contributed by atoms with Gasteiger partial charge in [0.15, 0.2) is 5.15 Å². The fraction of sp³-hybridized carbons (Fsp3) is 0.714. The third kappa shape index (κ3) is 4.61. The Hall–Kier alpha value is -1.27. The normalized spacial score (nSPS) is 14.6. The lowest BCUT2D eigenvalue weighted by Crippen LogP contribution is -2.46. The molecule has 21 heavy (non-hydrogen) atoms. The zero-order valence-electron chi connectivity index (χ0n) is 13.4. The van der Waals surface area contributed by atoms with Crippen molar-refractivity contribution in [2.45, 2.75) is 52.2 Å². The highest BCUT2D eigenvalue weighted by molar-refractivity contribution is 6.30. The van der Waals surface area contributed by atoms with Crippen LogP contribution in [0.15, 0.2) is 6.33 Å². The van der Waals surface area contributed by atoms with Gasteiger partial charge in [-0.3, -0.25) is 0 Å². The molecule has 1 amide bonds. The second kappa shape index (κ2) is 6.66. The zero-order chi connectivity index (χ0) is 16.3. The molecule has 0 aromatic carbocycles. The van der Waals surface area contributed by atoms with E-state index in [1.54, 1.807) is 6.33 Å². The largest absolute Gasteiger partial charge is 0.444 e. The van der Waals surface area contributed by atoms with E-state index in [1.807, 2.05) is 39.2 Å². The number of nitrogens with zero attached hydrogens (tertiary/aromatic N) is 2. The van der Waals surface area contributed by atoms with Crippen LogP contribution in [0.2, 0.25) is 5.15 Å². The molecule has 1 atom stereocenters. The van der Waals surface area contributed by atoms with Crippen molar-refractivity contribution in [3.63, 3.8) is 0 Å². The summed E-state index contributed by atoms with van der Waals surface area (Å²) in [5.74, 6) is 0. The summed E-state index contributed by atoms with van der Waals surface area (Å²) in [4.78, 5) is 15.9. The SMILES string of the molecule is CCn1cnc(Cl)c1C(C)(CN)CNC(=O)OC(C)(C)C. The Morgan fingerprint density at radius 3 is 2.57 bits per heavy atom. The molecule has 0 aliphatic rings. The number of halogens is 1. The van der Waals surface area contributed by atoms with E-state index >= 15 is 0 Å². The first kappa shape index (κ1) is 17.8. The van der Waals surface area contributed by atoms with Crippen molar-refractivity contribution in [2.75, 3.05) is 13.1 Å². The van der Waals surface area contributed by atoms with Gasteiger partial charge in [0.05, 0.1) is 12.0 Å². The molecule has 1 heterocycles. The van der Waals surface area contributed by atoms with Crippen molar-refractivity contribution in [2.24, 2.45) is 5.73 Å². The predicted octanol–water partition coefficient (Wildman–Crippen LogP) is 2.30. The number of imidazole rings is 1. The van der Waals surface area contributed by atoms with Gasteiger partial charge in [0, 0.05) is 25.0 Å². The average Bonchev–Trinajstić information content (AvgIpc) is 2.76. The number of hydrogen-bond acceptors (Lipinski definition) is 4. The minimum Gasteiger partial charge on any atom is -0.444 e. The average molecular weight is 317 g/mol. The van der Waals surface area contributed by atoms with Crippen molar-refractivity contribution < 1.29 is 9.53 Å². The summed E-state index contributed by atoms with van der Waals surface area (Å²) in [6.07, 6.45) is 1.21. The van der Waals surface area contributed by atoms with E-state index < -0.39 is 17.1 Å². The van der Waals surface area contributed by atoms with Crippen molar-refractivity contribution in [1.29, 1.82) is 0 Å². The van der Waals surface area contributed by atoms with Gasteiger partial charge in [-0.15, -0.1) is 0 Å². The molecule has 0 saturated heterocycles. The second-order valence-electron chi connectivity index (χ2n) is 6.29. The second-order valence-corrected chi connectivity index (χ2v) is 6.65. The molecule has 1 aromatic rings. The Morgan fingerprint density at radius 1 is 1.48 bits per heavy atom. The van der Waals surface area contributed by atoms with Gasteiger partial charge in [-0.25, -0.2) is 9.78 Å². The molecule has 1 rings (SSSR count). The van der Waals surface area contributed by atoms with Gasteiger partial charge < -0.3 is 20.4 Å². The lowest BCUT2D eigenvalue weighted by molar-refractivity contribution is 0.0516. The molecule has 0 fully saturated rings. The molecule has 6 nitrogen and oxygen atoms in total. The highest BCUT2D eigenvalue weighted by atomic mass is 35.5. The van der Waals surface area contributed by atoms with Gasteiger partial charge in [0.25, 0.3) is 0 Å². The maximum Gasteiger partial charge on any atom is 0.407 e. The summed E-state index contributed by atoms with van der Waals surface area (Å²) in [6.45, 7) is 10.8. The predicted molar refractivity (Wildman–Crippen MR) is 83.6 cm³/mol. The van der Waals surface area contributed by atoms with E-state index in [2.05, 4.69) is 10.3 Å². The molecule has 1 aromatic heterocycles. The third-order valence-electron chi connectivity index (χ3n) is 3.18. The first-order valence-electron chi connectivity index (χ1n) is 7.01. The van der Waals surface area contributed by atoms with Crippen LogP contribution in [0.3, 0.4) is 0 Å². The quantitative estimate of drug-likeness (QED) is 0.873. The fourth-order valence-corrected chi connectivity index (χ4v) is 2.41. The summed E-state index contributed by atoms with van der Waals surface area (Å²) in [6, 6.07) is 0. The van der Waals surface area contributed by atoms with Crippen LogP contribution in [0, 0.1) is 0 Å². The van der Waals surface area contributed by atoms with Crippen LogP contribution >= 0.6 is 11.6 Å². The number of nitrogens with one attached hydrogen (secondary N) is 1. The molecular formula is C14H25ClN4O2. The smallest absolute Gasteiger partial charge is 0.407 e. The van der Waals surface area contributed by atoms with Gasteiger partial charge in [-0.1, -0.05) is 18.5 Å². The van der Waals surface area contributed by atoms with Crippen LogP contribution in [-0.4, -0.2) is 34.3 Å². The first-order chi connectivity index (χ1) is 9.63. The molecule has 0 radical (unpaired) electrons. The Kier molecular flexibility index (Phi) is 5.64. The Bertz CT molecular complexity index is 496. The summed E-state index contributed by atoms with van der Waals surface area (Å²) in [7, 11) is 0. The Labute approximate surface area is 131 Å². The molecule has 0 spiro atoms. The molecule has 7 heteroatoms. The number of aromatic nitrogens is 2. The van der Waals surface area contributed by atoms with Crippen LogP contribution in [0.4, 0.5) is 4.79 Å². The summed E-state index contributed by atoms with van der Waals surface area (Å²) >= 11 is 6.18. The van der Waals surface area contributed by atoms with Crippen LogP contribution in [0.1, 0.15) is 40.3 Å². The van der Waals surface area contributed by atoms with Crippen LogP contribution in [0.25, 0.3) is 0 Å². The molecule has 120 valence electrons. The number of amides is 1. The summed E-state index contributed by atoms with van der Waals surface area (Å²) in [5, 5.41) is 3.17. The molecule has 0 aliphatic carbocycles. The van der Waals surface area contributed by atoms with Crippen LogP contribution in [0.5, 0.6) is 0 Å². The number of nitrogens with two attached hydrogens (primary N) is 1. The minimum absolute atomic E-state index is 0.323. The van der Waals surface area contributed by atoms with E-state index in [-0.39, 0.29) is 0 Å². The van der Waals surface area contributed by atoms with Crippen molar-refractivity contribution in [1.82, 2.24) is 14.9 Å². The number of aryl methyl sites for hydroxylation is 1. The lowest BCUT2D eigenvalue weighted by atomic mass is 9.87. The topological polar surface area (TPSA) is 82.2 Å². The van der Waals surface area contributed by atoms with Crippen LogP contribution < -0.4 is 11.1 Å². The molecule has 3 N–H and O–H groups in total. The van der Waals surface area contributed by atoms with Gasteiger partial charge >= 0.3 is 6.09 Å². The number of alkyl carbamates (subject to hydrolysis) is 1. The van der Waals surface area contributed by atoms with Gasteiger partial charge in [0.2, 0.25) is 0 Å². The molecular weight excluding hydrogens is 292 g/mol. The van der Waals surface area contributed by atoms with Crippen LogP contribution in [-0.2, 0) is 16.7 Å². The lowest BCUT2D eigenvalue weighted by Gasteiger charge is -2.30. The molecule has 0 aliphatic heterocycles. The highest BCUT2D eigenvalue weighted by Crippen LogP contribution is 2.28. The van der Waals surface area contributed by atoms with Gasteiger partial charge in [0.1, 0.15) is 5.60 Å². The fourth-order valence-electron chi connectivity index (χ4n) is 2.03. The van der Waals surface area contributed by atoms with E-state index in [0.717, 1.165) is 12.2 Å². The standard InChI is InChI=1S/C14H25ClN4O2/c1-6-19-9-18-11(15)10(19)14(5,7-16)8-17-12(20)21-13(2,3)4/h9H,6-8,16H2,1-5H3,(H,17,20). The van der Waals surface area contributed by atoms with Gasteiger partial charge in [-0.05, 0) is 27.7 Å². The number of carbonyl (C=O) groups is 1. The highest BCUT2D eigenvalue weighted by Gasteiger charge is 2.32. The first-order valence-corrected chi connectivity index (χ1v) is 7.39. The third-order valence-corrected chi connectivity index (χ3v) is 3.45. The maximum absolute atomic E-state index is 11.8. The van der Waals surface area contributed by atoms with Crippen molar-refractivity contribution in [3.05, 3.63) is 17.2 Å². The monoisotopic (exact) mass is 316 g/mol. The van der Waals surface area contributed by atoms with Gasteiger partial charge in [-0.2, -0.15) is 0 Å². The Balaban J connectivity index is 2.86. The van der Waals surface area contributed by atoms with E-state index in [0.29, 0.717) is 18.2 Å². The van der Waals surface area contributed by atoms with Crippen molar-refractivity contribution >= 4 is 17.7 Å². The maximum atomic E-state index is 11.8. The number of hydrogen-bond donors (Lipinski definition) is 2. The van der Waals surface area contributed by atoms with E-state index in [1.165, 1.54) is 0 Å². The summed E-state index contributed by atoms with van der Waals surface area (Å²) < 4.78 is 7.17. The zero-order valence-corrected chi connectivity index (χ0v) is 14.1. The number of ether oxygens (including phenoxy) is 1. The molecule has 0 bridgehead atoms. The Morgan fingerprint density at radius 2 is 2.10 bits per heavy atom. The minimum atomic E-state index is -0.536. The summed E-state index contributed by atoms with van der Waals surface area (Å²) in [5.41, 5.74) is 5.69. The van der Waals surface area contributed by atoms with E-state index in [4.69, 9.17) is 22.1 Å².